The van der Waals surface area contributed by atoms with E-state index in [0.717, 1.165) is 11.3 Å². The van der Waals surface area contributed by atoms with Crippen LogP contribution >= 0.6 is 11.3 Å². The van der Waals surface area contributed by atoms with Gasteiger partial charge in [-0.15, -0.1) is 0 Å². The van der Waals surface area contributed by atoms with E-state index >= 15 is 0 Å². The highest BCUT2D eigenvalue weighted by molar-refractivity contribution is 7.18. The lowest BCUT2D eigenvalue weighted by atomic mass is 10.2. The molecule has 1 aromatic heterocycles. The van der Waals surface area contributed by atoms with Gasteiger partial charge in [-0.25, -0.2) is 4.98 Å². The zero-order chi connectivity index (χ0) is 15.5. The lowest BCUT2D eigenvalue weighted by molar-refractivity contribution is -0.138. The predicted octanol–water partition coefficient (Wildman–Crippen LogP) is 2.62. The Morgan fingerprint density at radius 3 is 2.50 bits per heavy atom. The van der Waals surface area contributed by atoms with Crippen LogP contribution in [0.2, 0.25) is 0 Å². The molecule has 0 aromatic carbocycles. The topological polar surface area (TPSA) is 80.0 Å². The van der Waals surface area contributed by atoms with Crippen LogP contribution in [0.1, 0.15) is 36.9 Å². The summed E-state index contributed by atoms with van der Waals surface area (Å²) in [7, 11) is 0. The van der Waals surface area contributed by atoms with E-state index in [9.17, 15) is 18.0 Å². The molecule has 0 bridgehead atoms. The zero-order valence-corrected chi connectivity index (χ0v) is 12.2. The first-order chi connectivity index (χ1) is 9.08. The molecule has 114 valence electrons. The third-order valence-electron chi connectivity index (χ3n) is 2.19. The van der Waals surface area contributed by atoms with E-state index in [2.05, 4.69) is 15.6 Å². The number of carbonyl (C=O) groups is 1. The molecule has 0 aliphatic rings. The number of anilines is 2. The van der Waals surface area contributed by atoms with Crippen LogP contribution in [0.3, 0.4) is 0 Å². The number of rotatable bonds is 5. The molecule has 1 aromatic rings. The molecular formula is C11H17F3N4OS. The van der Waals surface area contributed by atoms with Crippen molar-refractivity contribution in [1.29, 1.82) is 0 Å². The van der Waals surface area contributed by atoms with E-state index in [0.29, 0.717) is 5.13 Å². The van der Waals surface area contributed by atoms with E-state index in [1.54, 1.807) is 0 Å². The molecule has 0 saturated heterocycles. The van der Waals surface area contributed by atoms with Crippen molar-refractivity contribution >= 4 is 28.2 Å². The number of hydrogen-bond donors (Lipinski definition) is 3. The number of nitrogens with two attached hydrogens (primary N) is 1. The number of halogens is 3. The van der Waals surface area contributed by atoms with Gasteiger partial charge >= 0.3 is 6.18 Å². The lowest BCUT2D eigenvalue weighted by Crippen LogP contribution is -2.35. The Balaban J connectivity index is 2.70. The van der Waals surface area contributed by atoms with Crippen LogP contribution in [0.25, 0.3) is 0 Å². The molecule has 0 aliphatic carbocycles. The van der Waals surface area contributed by atoms with Gasteiger partial charge in [0.1, 0.15) is 10.7 Å². The average Bonchev–Trinajstić information content (AvgIpc) is 2.54. The maximum absolute atomic E-state index is 12.2. The minimum absolute atomic E-state index is 0.00913. The standard InChI is InChI=1S/C11H17F3N4OS/c1-5(2)16-10-18-8(15)7(20-10)9(19)17-6(3)4-11(12,13)14/h5-6H,4,15H2,1-3H3,(H,16,18)(H,17,19). The monoisotopic (exact) mass is 310 g/mol. The van der Waals surface area contributed by atoms with E-state index in [-0.39, 0.29) is 16.7 Å². The molecule has 1 amide bonds. The van der Waals surface area contributed by atoms with E-state index < -0.39 is 24.5 Å². The molecule has 0 spiro atoms. The Morgan fingerprint density at radius 2 is 2.00 bits per heavy atom. The molecule has 0 aliphatic heterocycles. The molecule has 0 radical (unpaired) electrons. The molecule has 1 heterocycles. The van der Waals surface area contributed by atoms with Crippen LogP contribution in [-0.4, -0.2) is 29.2 Å². The van der Waals surface area contributed by atoms with E-state index in [1.165, 1.54) is 6.92 Å². The van der Waals surface area contributed by atoms with Gasteiger partial charge in [-0.2, -0.15) is 13.2 Å². The first kappa shape index (κ1) is 16.5. The number of nitrogens with one attached hydrogen (secondary N) is 2. The highest BCUT2D eigenvalue weighted by atomic mass is 32.1. The average molecular weight is 310 g/mol. The number of hydrogen-bond acceptors (Lipinski definition) is 5. The molecular weight excluding hydrogens is 293 g/mol. The molecule has 4 N–H and O–H groups in total. The van der Waals surface area contributed by atoms with Crippen LogP contribution in [0, 0.1) is 0 Å². The van der Waals surface area contributed by atoms with Crippen LogP contribution in [0.15, 0.2) is 0 Å². The summed E-state index contributed by atoms with van der Waals surface area (Å²) in [5, 5.41) is 5.71. The summed E-state index contributed by atoms with van der Waals surface area (Å²) in [4.78, 5) is 15.9. The summed E-state index contributed by atoms with van der Waals surface area (Å²) in [6, 6.07) is -0.911. The van der Waals surface area contributed by atoms with Crippen molar-refractivity contribution in [3.05, 3.63) is 4.88 Å². The Kier molecular flexibility index (Phi) is 5.21. The third kappa shape index (κ3) is 5.24. The maximum atomic E-state index is 12.2. The molecule has 9 heteroatoms. The number of aromatic nitrogens is 1. The van der Waals surface area contributed by atoms with Crippen molar-refractivity contribution in [1.82, 2.24) is 10.3 Å². The first-order valence-corrected chi connectivity index (χ1v) is 6.80. The van der Waals surface area contributed by atoms with Gasteiger partial charge in [0.2, 0.25) is 0 Å². The molecule has 0 saturated carbocycles. The van der Waals surface area contributed by atoms with Crippen molar-refractivity contribution in [3.63, 3.8) is 0 Å². The number of alkyl halides is 3. The molecule has 1 atom stereocenters. The van der Waals surface area contributed by atoms with Crippen LogP contribution in [0.4, 0.5) is 24.1 Å². The van der Waals surface area contributed by atoms with Crippen molar-refractivity contribution < 1.29 is 18.0 Å². The molecule has 1 unspecified atom stereocenters. The van der Waals surface area contributed by atoms with Crippen LogP contribution in [0.5, 0.6) is 0 Å². The minimum Gasteiger partial charge on any atom is -0.382 e. The summed E-state index contributed by atoms with van der Waals surface area (Å²) in [5.41, 5.74) is 5.60. The lowest BCUT2D eigenvalue weighted by Gasteiger charge is -2.15. The largest absolute Gasteiger partial charge is 0.391 e. The number of nitrogen functional groups attached to an aromatic ring is 1. The van der Waals surface area contributed by atoms with Gasteiger partial charge in [0.15, 0.2) is 5.13 Å². The second-order valence-electron chi connectivity index (χ2n) is 4.73. The molecule has 5 nitrogen and oxygen atoms in total. The predicted molar refractivity (Wildman–Crippen MR) is 72.9 cm³/mol. The van der Waals surface area contributed by atoms with Gasteiger partial charge < -0.3 is 16.4 Å². The number of amides is 1. The fraction of sp³-hybridized carbons (Fsp3) is 0.636. The highest BCUT2D eigenvalue weighted by Crippen LogP contribution is 2.26. The van der Waals surface area contributed by atoms with E-state index in [4.69, 9.17) is 5.73 Å². The first-order valence-electron chi connectivity index (χ1n) is 5.99. The highest BCUT2D eigenvalue weighted by Gasteiger charge is 2.31. The third-order valence-corrected chi connectivity index (χ3v) is 3.19. The van der Waals surface area contributed by atoms with E-state index in [1.807, 2.05) is 13.8 Å². The summed E-state index contributed by atoms with van der Waals surface area (Å²) in [5.74, 6) is -0.636. The Hall–Kier alpha value is -1.51. The SMILES string of the molecule is CC(C)Nc1nc(N)c(C(=O)NC(C)CC(F)(F)F)s1. The van der Waals surface area contributed by atoms with Crippen LogP contribution < -0.4 is 16.4 Å². The summed E-state index contributed by atoms with van der Waals surface area (Å²) in [6.07, 6.45) is -5.41. The van der Waals surface area contributed by atoms with Gasteiger partial charge in [-0.05, 0) is 20.8 Å². The van der Waals surface area contributed by atoms with Gasteiger partial charge in [0.05, 0.1) is 6.42 Å². The number of nitrogens with zero attached hydrogens (tertiary/aromatic N) is 1. The Morgan fingerprint density at radius 1 is 1.40 bits per heavy atom. The second kappa shape index (κ2) is 6.29. The second-order valence-corrected chi connectivity index (χ2v) is 5.73. The smallest absolute Gasteiger partial charge is 0.382 e. The van der Waals surface area contributed by atoms with Crippen molar-refractivity contribution in [2.24, 2.45) is 0 Å². The number of thiazole rings is 1. The Labute approximate surface area is 118 Å². The fourth-order valence-electron chi connectivity index (χ4n) is 1.49. The van der Waals surface area contributed by atoms with Crippen LogP contribution in [-0.2, 0) is 0 Å². The van der Waals surface area contributed by atoms with Crippen molar-refractivity contribution in [2.45, 2.75) is 45.5 Å². The maximum Gasteiger partial charge on any atom is 0.391 e. The van der Waals surface area contributed by atoms with Gasteiger partial charge in [0, 0.05) is 12.1 Å². The van der Waals surface area contributed by atoms with Gasteiger partial charge in [0.25, 0.3) is 5.91 Å². The number of carbonyl (C=O) groups excluding carboxylic acids is 1. The normalized spacial score (nSPS) is 13.3. The minimum atomic E-state index is -4.32. The Bertz CT molecular complexity index is 473. The molecule has 0 fully saturated rings. The van der Waals surface area contributed by atoms with Crippen molar-refractivity contribution in [3.8, 4) is 0 Å². The summed E-state index contributed by atoms with van der Waals surface area (Å²) >= 11 is 1.02. The van der Waals surface area contributed by atoms with Gasteiger partial charge in [-0.1, -0.05) is 11.3 Å². The zero-order valence-electron chi connectivity index (χ0n) is 11.3. The quantitative estimate of drug-likeness (QED) is 0.781. The molecule has 1 rings (SSSR count). The summed E-state index contributed by atoms with van der Waals surface area (Å²) < 4.78 is 36.6. The van der Waals surface area contributed by atoms with Gasteiger partial charge in [-0.3, -0.25) is 4.79 Å². The summed E-state index contributed by atoms with van der Waals surface area (Å²) in [6.45, 7) is 5.07. The fourth-order valence-corrected chi connectivity index (χ4v) is 2.42. The van der Waals surface area contributed by atoms with Crippen molar-refractivity contribution in [2.75, 3.05) is 11.1 Å². The molecule has 20 heavy (non-hydrogen) atoms.